The summed E-state index contributed by atoms with van der Waals surface area (Å²) in [5.74, 6) is -0.0329. The molecular weight excluding hydrogens is 367 g/mol. The third-order valence-electron chi connectivity index (χ3n) is 5.51. The molecule has 148 valence electrons. The summed E-state index contributed by atoms with van der Waals surface area (Å²) in [5.41, 5.74) is 5.39. The first-order valence-electron chi connectivity index (χ1n) is 9.83. The van der Waals surface area contributed by atoms with Crippen molar-refractivity contribution in [2.24, 2.45) is 0 Å². The summed E-state index contributed by atoms with van der Waals surface area (Å²) >= 11 is 0. The molecule has 1 fully saturated rings. The molecule has 1 aliphatic heterocycles. The number of carbonyl (C=O) groups excluding carboxylic acids is 1. The number of nitrogens with zero attached hydrogens (tertiary/aromatic N) is 4. The van der Waals surface area contributed by atoms with Crippen molar-refractivity contribution < 1.29 is 9.18 Å². The molecule has 6 heteroatoms. The number of fused-ring (bicyclic) bond motifs is 1. The molecule has 0 N–H and O–H groups in total. The molecule has 0 aliphatic carbocycles. The molecule has 29 heavy (non-hydrogen) atoms. The summed E-state index contributed by atoms with van der Waals surface area (Å²) in [6.07, 6.45) is 2.26. The molecule has 0 saturated carbocycles. The molecule has 3 heterocycles. The number of hydrogen-bond donors (Lipinski definition) is 0. The number of piperidine rings is 1. The summed E-state index contributed by atoms with van der Waals surface area (Å²) < 4.78 is 15.8. The number of likely N-dealkylation sites (tertiary alicyclic amines) is 1. The highest BCUT2D eigenvalue weighted by atomic mass is 19.1. The molecule has 1 atom stereocenters. The zero-order valence-electron chi connectivity index (χ0n) is 16.7. The van der Waals surface area contributed by atoms with Crippen molar-refractivity contribution in [1.82, 2.24) is 14.5 Å². The van der Waals surface area contributed by atoms with Gasteiger partial charge in [-0.2, -0.15) is 0 Å². The molecule has 0 amide bonds. The van der Waals surface area contributed by atoms with Crippen LogP contribution < -0.4 is 0 Å². The summed E-state index contributed by atoms with van der Waals surface area (Å²) in [7, 11) is 0. The van der Waals surface area contributed by atoms with Gasteiger partial charge in [0.1, 0.15) is 6.17 Å². The first-order valence-corrected chi connectivity index (χ1v) is 9.83. The second-order valence-electron chi connectivity index (χ2n) is 7.70. The Morgan fingerprint density at radius 2 is 2.07 bits per heavy atom. The second kappa shape index (κ2) is 7.76. The van der Waals surface area contributed by atoms with Gasteiger partial charge in [0.05, 0.1) is 29.7 Å². The van der Waals surface area contributed by atoms with Gasteiger partial charge in [0.25, 0.3) is 0 Å². The summed E-state index contributed by atoms with van der Waals surface area (Å²) in [5, 5.41) is 0. The standard InChI is InChI=1S/C23H23FN4O/c1-15-11-20-23(26-12-15)22(21(29)14-27-10-4-5-17(24)13-27)16(2)28(20)19-8-6-18(25-3)7-9-19/h6-9,11-12,17H,4-5,10,13-14H2,1-2H3. The average molecular weight is 390 g/mol. The van der Waals surface area contributed by atoms with E-state index in [4.69, 9.17) is 6.57 Å². The minimum Gasteiger partial charge on any atom is -0.312 e. The summed E-state index contributed by atoms with van der Waals surface area (Å²) in [6, 6.07) is 9.33. The Morgan fingerprint density at radius 3 is 2.76 bits per heavy atom. The minimum atomic E-state index is -0.860. The fourth-order valence-corrected chi connectivity index (χ4v) is 4.15. The number of aryl methyl sites for hydroxylation is 1. The summed E-state index contributed by atoms with van der Waals surface area (Å²) in [4.78, 5) is 23.1. The van der Waals surface area contributed by atoms with Crippen LogP contribution in [0.2, 0.25) is 0 Å². The Kier molecular flexibility index (Phi) is 5.16. The van der Waals surface area contributed by atoms with Crippen LogP contribution in [0.5, 0.6) is 0 Å². The quantitative estimate of drug-likeness (QED) is 0.474. The fourth-order valence-electron chi connectivity index (χ4n) is 4.15. The van der Waals surface area contributed by atoms with E-state index in [9.17, 15) is 9.18 Å². The van der Waals surface area contributed by atoms with Crippen molar-refractivity contribution in [3.63, 3.8) is 0 Å². The van der Waals surface area contributed by atoms with Crippen LogP contribution >= 0.6 is 0 Å². The van der Waals surface area contributed by atoms with E-state index in [2.05, 4.69) is 9.83 Å². The molecule has 2 aromatic heterocycles. The predicted molar refractivity (Wildman–Crippen MR) is 112 cm³/mol. The van der Waals surface area contributed by atoms with Crippen LogP contribution in [0.1, 0.15) is 34.5 Å². The maximum atomic E-state index is 13.8. The lowest BCUT2D eigenvalue weighted by molar-refractivity contribution is 0.0859. The van der Waals surface area contributed by atoms with Crippen LogP contribution in [0, 0.1) is 20.4 Å². The van der Waals surface area contributed by atoms with E-state index in [0.29, 0.717) is 29.7 Å². The topological polar surface area (TPSA) is 42.5 Å². The van der Waals surface area contributed by atoms with Gasteiger partial charge in [-0.15, -0.1) is 0 Å². The van der Waals surface area contributed by atoms with Gasteiger partial charge in [-0.1, -0.05) is 12.1 Å². The van der Waals surface area contributed by atoms with Gasteiger partial charge in [0, 0.05) is 24.1 Å². The van der Waals surface area contributed by atoms with Crippen molar-refractivity contribution in [3.05, 3.63) is 64.8 Å². The number of alkyl halides is 1. The lowest BCUT2D eigenvalue weighted by Crippen LogP contribution is -2.39. The van der Waals surface area contributed by atoms with E-state index >= 15 is 0 Å². The van der Waals surface area contributed by atoms with E-state index in [1.165, 1.54) is 0 Å². The normalized spacial score (nSPS) is 17.4. The fraction of sp³-hybridized carbons (Fsp3) is 0.348. The molecular formula is C23H23FN4O. The highest BCUT2D eigenvalue weighted by Gasteiger charge is 2.26. The second-order valence-corrected chi connectivity index (χ2v) is 7.70. The number of halogens is 1. The van der Waals surface area contributed by atoms with Gasteiger partial charge in [0.2, 0.25) is 0 Å². The van der Waals surface area contributed by atoms with Crippen LogP contribution in [-0.4, -0.2) is 46.0 Å². The Hall–Kier alpha value is -3.04. The lowest BCUT2D eigenvalue weighted by atomic mass is 10.1. The number of aromatic nitrogens is 2. The number of rotatable bonds is 4. The Labute approximate surface area is 169 Å². The maximum Gasteiger partial charge on any atom is 0.187 e. The molecule has 1 aliphatic rings. The van der Waals surface area contributed by atoms with Gasteiger partial charge in [-0.05, 0) is 57.0 Å². The molecule has 3 aromatic rings. The van der Waals surface area contributed by atoms with Crippen molar-refractivity contribution in [2.75, 3.05) is 19.6 Å². The lowest BCUT2D eigenvalue weighted by Gasteiger charge is -2.28. The zero-order valence-corrected chi connectivity index (χ0v) is 16.7. The van der Waals surface area contributed by atoms with E-state index in [0.717, 1.165) is 35.4 Å². The average Bonchev–Trinajstić information content (AvgIpc) is 2.99. The number of carbonyl (C=O) groups is 1. The highest BCUT2D eigenvalue weighted by molar-refractivity contribution is 6.09. The monoisotopic (exact) mass is 390 g/mol. The SMILES string of the molecule is [C-]#[N+]c1ccc(-n2c(C)c(C(=O)CN3CCCC(F)C3)c3ncc(C)cc32)cc1. The molecule has 5 nitrogen and oxygen atoms in total. The van der Waals surface area contributed by atoms with Crippen LogP contribution in [0.4, 0.5) is 10.1 Å². The van der Waals surface area contributed by atoms with E-state index in [1.54, 1.807) is 18.3 Å². The van der Waals surface area contributed by atoms with Gasteiger partial charge in [-0.3, -0.25) is 14.7 Å². The Morgan fingerprint density at radius 1 is 1.31 bits per heavy atom. The van der Waals surface area contributed by atoms with Crippen LogP contribution in [0.3, 0.4) is 0 Å². The van der Waals surface area contributed by atoms with Gasteiger partial charge in [0.15, 0.2) is 11.5 Å². The molecule has 4 rings (SSSR count). The maximum absolute atomic E-state index is 13.8. The molecule has 0 radical (unpaired) electrons. The molecule has 0 bridgehead atoms. The molecule has 1 aromatic carbocycles. The van der Waals surface area contributed by atoms with Gasteiger partial charge in [-0.25, -0.2) is 9.24 Å². The van der Waals surface area contributed by atoms with Gasteiger partial charge >= 0.3 is 0 Å². The predicted octanol–water partition coefficient (Wildman–Crippen LogP) is 4.81. The van der Waals surface area contributed by atoms with E-state index in [-0.39, 0.29) is 12.3 Å². The Bertz CT molecular complexity index is 1110. The van der Waals surface area contributed by atoms with Crippen molar-refractivity contribution in [1.29, 1.82) is 0 Å². The molecule has 0 spiro atoms. The first kappa shape index (κ1) is 19.3. The van der Waals surface area contributed by atoms with Crippen molar-refractivity contribution in [3.8, 4) is 5.69 Å². The third-order valence-corrected chi connectivity index (χ3v) is 5.51. The largest absolute Gasteiger partial charge is 0.312 e. The number of benzene rings is 1. The molecule has 1 saturated heterocycles. The minimum absolute atomic E-state index is 0.0329. The Balaban J connectivity index is 1.79. The van der Waals surface area contributed by atoms with Crippen LogP contribution in [0.25, 0.3) is 21.6 Å². The molecule has 1 unspecified atom stereocenters. The van der Waals surface area contributed by atoms with Gasteiger partial charge < -0.3 is 4.57 Å². The number of ketones is 1. The smallest absolute Gasteiger partial charge is 0.187 e. The first-order chi connectivity index (χ1) is 14.0. The third kappa shape index (κ3) is 3.66. The zero-order chi connectivity index (χ0) is 20.5. The number of Topliss-reactive ketones (excluding diaryl/α,β-unsaturated/α-hetero) is 1. The van der Waals surface area contributed by atoms with Crippen LogP contribution in [-0.2, 0) is 0 Å². The van der Waals surface area contributed by atoms with Crippen molar-refractivity contribution >= 4 is 22.5 Å². The summed E-state index contributed by atoms with van der Waals surface area (Å²) in [6.45, 7) is 12.3. The van der Waals surface area contributed by atoms with Crippen molar-refractivity contribution in [2.45, 2.75) is 32.9 Å². The number of pyridine rings is 1. The van der Waals surface area contributed by atoms with E-state index in [1.807, 2.05) is 41.5 Å². The highest BCUT2D eigenvalue weighted by Crippen LogP contribution is 2.30. The van der Waals surface area contributed by atoms with E-state index < -0.39 is 6.17 Å². The number of hydrogen-bond acceptors (Lipinski definition) is 3. The van der Waals surface area contributed by atoms with Crippen LogP contribution in [0.15, 0.2) is 36.5 Å².